The molecule has 1 aliphatic carbocycles. The standard InChI is InChI=1S/C13H24O2Si/c1-13(2,3)16(5,6)15-12-10-8-7-9-11(12)14-4/h7,9-11H,8H2,1-6H3. The third kappa shape index (κ3) is 2.98. The van der Waals surface area contributed by atoms with Crippen molar-refractivity contribution in [3.63, 3.8) is 0 Å². The SMILES string of the molecule is COC1C=CCC=C1O[Si](C)(C)C(C)(C)C. The van der Waals surface area contributed by atoms with Crippen molar-refractivity contribution in [2.24, 2.45) is 0 Å². The smallest absolute Gasteiger partial charge is 0.250 e. The molecule has 0 heterocycles. The molecule has 0 aromatic heterocycles. The Hall–Kier alpha value is -0.543. The van der Waals surface area contributed by atoms with Gasteiger partial charge < -0.3 is 9.16 Å². The molecule has 0 aromatic rings. The van der Waals surface area contributed by atoms with Crippen LogP contribution in [0.4, 0.5) is 0 Å². The highest BCUT2D eigenvalue weighted by Crippen LogP contribution is 2.38. The minimum atomic E-state index is -1.73. The van der Waals surface area contributed by atoms with E-state index in [1.807, 2.05) is 0 Å². The molecule has 1 unspecified atom stereocenters. The first-order valence-corrected chi connectivity index (χ1v) is 8.77. The van der Waals surface area contributed by atoms with Crippen LogP contribution in [0.25, 0.3) is 0 Å². The van der Waals surface area contributed by atoms with Gasteiger partial charge in [0.05, 0.1) is 0 Å². The second kappa shape index (κ2) is 4.76. The second-order valence-corrected chi connectivity index (χ2v) is 10.5. The van der Waals surface area contributed by atoms with Crippen LogP contribution in [0.3, 0.4) is 0 Å². The first-order valence-electron chi connectivity index (χ1n) is 5.86. The van der Waals surface area contributed by atoms with E-state index in [4.69, 9.17) is 9.16 Å². The van der Waals surface area contributed by atoms with Crippen LogP contribution >= 0.6 is 0 Å². The van der Waals surface area contributed by atoms with Crippen molar-refractivity contribution >= 4 is 8.32 Å². The molecule has 0 N–H and O–H groups in total. The van der Waals surface area contributed by atoms with E-state index in [1.165, 1.54) is 0 Å². The van der Waals surface area contributed by atoms with Gasteiger partial charge in [-0.1, -0.05) is 32.9 Å². The highest BCUT2D eigenvalue weighted by molar-refractivity contribution is 6.74. The van der Waals surface area contributed by atoms with Crippen molar-refractivity contribution in [2.45, 2.75) is 51.4 Å². The van der Waals surface area contributed by atoms with E-state index in [2.05, 4.69) is 52.1 Å². The van der Waals surface area contributed by atoms with Gasteiger partial charge in [0.2, 0.25) is 8.32 Å². The summed E-state index contributed by atoms with van der Waals surface area (Å²) in [5, 5.41) is 0.229. The maximum absolute atomic E-state index is 6.27. The lowest BCUT2D eigenvalue weighted by Crippen LogP contribution is -2.42. The maximum Gasteiger partial charge on any atom is 0.250 e. The van der Waals surface area contributed by atoms with Crippen LogP contribution < -0.4 is 0 Å². The first kappa shape index (κ1) is 13.5. The van der Waals surface area contributed by atoms with Crippen LogP contribution in [0.2, 0.25) is 18.1 Å². The van der Waals surface area contributed by atoms with E-state index in [0.29, 0.717) is 0 Å². The number of rotatable bonds is 3. The molecule has 0 saturated carbocycles. The summed E-state index contributed by atoms with van der Waals surface area (Å²) in [4.78, 5) is 0. The zero-order valence-corrected chi connectivity index (χ0v) is 12.3. The lowest BCUT2D eigenvalue weighted by Gasteiger charge is -2.38. The van der Waals surface area contributed by atoms with Gasteiger partial charge in [-0.25, -0.2) is 0 Å². The quantitative estimate of drug-likeness (QED) is 0.551. The molecule has 0 bridgehead atoms. The molecule has 0 saturated heterocycles. The van der Waals surface area contributed by atoms with Gasteiger partial charge >= 0.3 is 0 Å². The minimum Gasteiger partial charge on any atom is -0.545 e. The zero-order valence-electron chi connectivity index (χ0n) is 11.3. The van der Waals surface area contributed by atoms with Crippen molar-refractivity contribution < 1.29 is 9.16 Å². The van der Waals surface area contributed by atoms with E-state index in [-0.39, 0.29) is 11.1 Å². The van der Waals surface area contributed by atoms with Crippen molar-refractivity contribution in [1.29, 1.82) is 0 Å². The van der Waals surface area contributed by atoms with E-state index in [1.54, 1.807) is 7.11 Å². The summed E-state index contributed by atoms with van der Waals surface area (Å²) < 4.78 is 11.7. The average Bonchev–Trinajstić information content (AvgIpc) is 2.16. The van der Waals surface area contributed by atoms with Crippen LogP contribution in [-0.4, -0.2) is 21.5 Å². The summed E-state index contributed by atoms with van der Waals surface area (Å²) in [6, 6.07) is 0. The summed E-state index contributed by atoms with van der Waals surface area (Å²) in [5.41, 5.74) is 0. The van der Waals surface area contributed by atoms with Gasteiger partial charge in [-0.3, -0.25) is 0 Å². The Labute approximate surface area is 100 Å². The Bertz CT molecular complexity index is 298. The fourth-order valence-electron chi connectivity index (χ4n) is 1.34. The molecule has 1 aliphatic rings. The molecule has 0 aliphatic heterocycles. The molecular weight excluding hydrogens is 216 g/mol. The highest BCUT2D eigenvalue weighted by Gasteiger charge is 2.40. The summed E-state index contributed by atoms with van der Waals surface area (Å²) in [7, 11) is -0.00718. The van der Waals surface area contributed by atoms with Crippen molar-refractivity contribution in [1.82, 2.24) is 0 Å². The Balaban J connectivity index is 2.77. The molecule has 2 nitrogen and oxygen atoms in total. The third-order valence-electron chi connectivity index (χ3n) is 3.48. The van der Waals surface area contributed by atoms with Crippen molar-refractivity contribution in [2.75, 3.05) is 7.11 Å². The molecule has 3 heteroatoms. The highest BCUT2D eigenvalue weighted by atomic mass is 28.4. The summed E-state index contributed by atoms with van der Waals surface area (Å²) >= 11 is 0. The van der Waals surface area contributed by atoms with E-state index >= 15 is 0 Å². The van der Waals surface area contributed by atoms with Crippen molar-refractivity contribution in [3.8, 4) is 0 Å². The fourth-order valence-corrected chi connectivity index (χ4v) is 2.43. The monoisotopic (exact) mass is 240 g/mol. The molecule has 1 atom stereocenters. The zero-order chi connectivity index (χ0) is 12.4. The number of ether oxygens (including phenoxy) is 1. The molecule has 0 spiro atoms. The molecule has 0 radical (unpaired) electrons. The van der Waals surface area contributed by atoms with Gasteiger partial charge in [0.25, 0.3) is 0 Å². The van der Waals surface area contributed by atoms with Gasteiger partial charge in [0, 0.05) is 7.11 Å². The van der Waals surface area contributed by atoms with Gasteiger partial charge in [0.15, 0.2) is 0 Å². The van der Waals surface area contributed by atoms with Crippen LogP contribution in [0.1, 0.15) is 27.2 Å². The molecule has 0 amide bonds. The van der Waals surface area contributed by atoms with E-state index in [9.17, 15) is 0 Å². The molecule has 0 aromatic carbocycles. The van der Waals surface area contributed by atoms with Gasteiger partial charge in [-0.05, 0) is 30.6 Å². The molecule has 16 heavy (non-hydrogen) atoms. The van der Waals surface area contributed by atoms with Crippen LogP contribution in [0.5, 0.6) is 0 Å². The lowest BCUT2D eigenvalue weighted by molar-refractivity contribution is 0.128. The maximum atomic E-state index is 6.27. The van der Waals surface area contributed by atoms with Crippen LogP contribution in [0.15, 0.2) is 24.0 Å². The number of allylic oxidation sites excluding steroid dienone is 2. The average molecular weight is 240 g/mol. The molecule has 92 valence electrons. The predicted octanol–water partition coefficient (Wildman–Crippen LogP) is 3.87. The van der Waals surface area contributed by atoms with E-state index < -0.39 is 8.32 Å². The Morgan fingerprint density at radius 2 is 1.94 bits per heavy atom. The third-order valence-corrected chi connectivity index (χ3v) is 7.84. The lowest BCUT2D eigenvalue weighted by atomic mass is 10.1. The summed E-state index contributed by atoms with van der Waals surface area (Å²) in [5.74, 6) is 0.997. The first-order chi connectivity index (χ1) is 7.28. The Morgan fingerprint density at radius 3 is 2.44 bits per heavy atom. The van der Waals surface area contributed by atoms with Gasteiger partial charge in [-0.15, -0.1) is 0 Å². The van der Waals surface area contributed by atoms with Crippen molar-refractivity contribution in [3.05, 3.63) is 24.0 Å². The number of methoxy groups -OCH3 is 1. The Kier molecular flexibility index (Phi) is 4.02. The van der Waals surface area contributed by atoms with Crippen LogP contribution in [-0.2, 0) is 9.16 Å². The topological polar surface area (TPSA) is 18.5 Å². The van der Waals surface area contributed by atoms with Crippen LogP contribution in [0, 0.1) is 0 Å². The summed E-state index contributed by atoms with van der Waals surface area (Å²) in [6.45, 7) is 11.3. The number of hydrogen-bond acceptors (Lipinski definition) is 2. The summed E-state index contributed by atoms with van der Waals surface area (Å²) in [6.07, 6.45) is 7.27. The van der Waals surface area contributed by atoms with E-state index in [0.717, 1.165) is 12.2 Å². The normalized spacial score (nSPS) is 21.9. The Morgan fingerprint density at radius 1 is 1.31 bits per heavy atom. The molecule has 1 rings (SSSR count). The van der Waals surface area contributed by atoms with Gasteiger partial charge in [0.1, 0.15) is 11.9 Å². The number of hydrogen-bond donors (Lipinski definition) is 0. The fraction of sp³-hybridized carbons (Fsp3) is 0.692. The second-order valence-electron chi connectivity index (χ2n) is 5.79. The minimum absolute atomic E-state index is 0.00266. The van der Waals surface area contributed by atoms with Gasteiger partial charge in [-0.2, -0.15) is 0 Å². The predicted molar refractivity (Wildman–Crippen MR) is 70.9 cm³/mol. The molecule has 0 fully saturated rings. The molecular formula is C13H24O2Si. The largest absolute Gasteiger partial charge is 0.545 e.